The van der Waals surface area contributed by atoms with Crippen molar-refractivity contribution in [2.45, 2.75) is 24.2 Å². The van der Waals surface area contributed by atoms with Gasteiger partial charge in [0, 0.05) is 24.2 Å². The predicted octanol–water partition coefficient (Wildman–Crippen LogP) is 4.75. The fourth-order valence-electron chi connectivity index (χ4n) is 2.91. The highest BCUT2D eigenvalue weighted by Gasteiger charge is 2.09. The number of amides is 1. The van der Waals surface area contributed by atoms with Crippen molar-refractivity contribution in [3.8, 4) is 0 Å². The van der Waals surface area contributed by atoms with E-state index < -0.39 is 0 Å². The molecule has 1 aromatic heterocycles. The summed E-state index contributed by atoms with van der Waals surface area (Å²) in [4.78, 5) is 18.8. The molecule has 5 heteroatoms. The molecule has 144 valence electrons. The molecule has 0 fully saturated rings. The van der Waals surface area contributed by atoms with Crippen molar-refractivity contribution in [2.24, 2.45) is 0 Å². The number of hydrogen-bond acceptors (Lipinski definition) is 4. The maximum atomic E-state index is 12.4. The lowest BCUT2D eigenvalue weighted by Crippen LogP contribution is -2.30. The van der Waals surface area contributed by atoms with Crippen molar-refractivity contribution in [1.29, 1.82) is 0 Å². The monoisotopic (exact) mass is 391 g/mol. The first-order valence-electron chi connectivity index (χ1n) is 9.26. The summed E-state index contributed by atoms with van der Waals surface area (Å²) >= 11 is 1.68. The van der Waals surface area contributed by atoms with Crippen molar-refractivity contribution in [1.82, 2.24) is 9.88 Å². The first kappa shape index (κ1) is 20.1. The van der Waals surface area contributed by atoms with Gasteiger partial charge in [0.15, 0.2) is 0 Å². The van der Waals surface area contributed by atoms with Crippen LogP contribution in [0.5, 0.6) is 0 Å². The van der Waals surface area contributed by atoms with Gasteiger partial charge in [0.05, 0.1) is 11.6 Å². The summed E-state index contributed by atoms with van der Waals surface area (Å²) in [5.74, 6) is 0.805. The highest BCUT2D eigenvalue weighted by Crippen LogP contribution is 2.22. The number of carbonyl (C=O) groups is 1. The molecule has 0 unspecified atom stereocenters. The van der Waals surface area contributed by atoms with Crippen LogP contribution in [0.3, 0.4) is 0 Å². The van der Waals surface area contributed by atoms with Gasteiger partial charge in [-0.2, -0.15) is 0 Å². The van der Waals surface area contributed by atoms with Crippen LogP contribution >= 0.6 is 11.8 Å². The molecule has 0 aliphatic heterocycles. The van der Waals surface area contributed by atoms with E-state index in [9.17, 15) is 4.79 Å². The number of nitrogens with one attached hydrogen (secondary N) is 1. The second-order valence-electron chi connectivity index (χ2n) is 6.80. The van der Waals surface area contributed by atoms with E-state index in [1.54, 1.807) is 18.0 Å². The third-order valence-electron chi connectivity index (χ3n) is 4.35. The Hall–Kier alpha value is -2.63. The zero-order valence-corrected chi connectivity index (χ0v) is 17.1. The predicted molar refractivity (Wildman–Crippen MR) is 116 cm³/mol. The van der Waals surface area contributed by atoms with Gasteiger partial charge >= 0.3 is 0 Å². The highest BCUT2D eigenvalue weighted by atomic mass is 32.2. The Labute approximate surface area is 171 Å². The summed E-state index contributed by atoms with van der Waals surface area (Å²) in [7, 11) is 1.96. The number of pyridine rings is 1. The SMILES string of the molecule is Cc1ccccc1CN(C)CC(=O)Nc1cccc(CSc2ccccn2)c1. The Kier molecular flexibility index (Phi) is 7.23. The lowest BCUT2D eigenvalue weighted by Gasteiger charge is -2.17. The lowest BCUT2D eigenvalue weighted by molar-refractivity contribution is -0.117. The van der Waals surface area contributed by atoms with Crippen LogP contribution in [0.4, 0.5) is 5.69 Å². The maximum absolute atomic E-state index is 12.4. The van der Waals surface area contributed by atoms with Gasteiger partial charge in [0.2, 0.25) is 5.91 Å². The van der Waals surface area contributed by atoms with E-state index in [1.165, 1.54) is 11.1 Å². The van der Waals surface area contributed by atoms with E-state index in [2.05, 4.69) is 35.4 Å². The van der Waals surface area contributed by atoms with Crippen LogP contribution < -0.4 is 5.32 Å². The number of rotatable bonds is 8. The third kappa shape index (κ3) is 6.22. The molecule has 0 aliphatic carbocycles. The van der Waals surface area contributed by atoms with Gasteiger partial charge in [-0.15, -0.1) is 11.8 Å². The molecule has 1 N–H and O–H groups in total. The number of anilines is 1. The average molecular weight is 392 g/mol. The first-order chi connectivity index (χ1) is 13.6. The molecule has 2 aromatic carbocycles. The largest absolute Gasteiger partial charge is 0.325 e. The van der Waals surface area contributed by atoms with Gasteiger partial charge in [0.25, 0.3) is 0 Å². The van der Waals surface area contributed by atoms with Crippen LogP contribution in [0.2, 0.25) is 0 Å². The lowest BCUT2D eigenvalue weighted by atomic mass is 10.1. The first-order valence-corrected chi connectivity index (χ1v) is 10.2. The molecule has 4 nitrogen and oxygen atoms in total. The molecule has 0 bridgehead atoms. The third-order valence-corrected chi connectivity index (χ3v) is 5.37. The molecule has 0 aliphatic rings. The Balaban J connectivity index is 1.51. The maximum Gasteiger partial charge on any atom is 0.238 e. The van der Waals surface area contributed by atoms with Crippen molar-refractivity contribution in [2.75, 3.05) is 18.9 Å². The van der Waals surface area contributed by atoms with Gasteiger partial charge in [-0.05, 0) is 54.9 Å². The number of aromatic nitrogens is 1. The second kappa shape index (κ2) is 10.1. The number of aryl methyl sites for hydroxylation is 1. The van der Waals surface area contributed by atoms with Crippen LogP contribution in [0.25, 0.3) is 0 Å². The summed E-state index contributed by atoms with van der Waals surface area (Å²) in [6, 6.07) is 22.1. The van der Waals surface area contributed by atoms with Crippen LogP contribution in [0, 0.1) is 6.92 Å². The topological polar surface area (TPSA) is 45.2 Å². The summed E-state index contributed by atoms with van der Waals surface area (Å²) in [6.07, 6.45) is 1.80. The van der Waals surface area contributed by atoms with E-state index in [0.717, 1.165) is 28.6 Å². The van der Waals surface area contributed by atoms with Crippen LogP contribution in [-0.4, -0.2) is 29.4 Å². The molecule has 3 aromatic rings. The minimum Gasteiger partial charge on any atom is -0.325 e. The van der Waals surface area contributed by atoms with Crippen molar-refractivity contribution >= 4 is 23.4 Å². The molecule has 28 heavy (non-hydrogen) atoms. The van der Waals surface area contributed by atoms with Gasteiger partial charge in [-0.25, -0.2) is 4.98 Å². The van der Waals surface area contributed by atoms with Crippen molar-refractivity contribution < 1.29 is 4.79 Å². The number of likely N-dealkylation sites (N-methyl/N-ethyl adjacent to an activating group) is 1. The van der Waals surface area contributed by atoms with Crippen LogP contribution in [0.15, 0.2) is 78.0 Å². The molecule has 0 radical (unpaired) electrons. The van der Waals surface area contributed by atoms with Gasteiger partial charge in [-0.1, -0.05) is 42.5 Å². The van der Waals surface area contributed by atoms with E-state index in [1.807, 2.05) is 60.5 Å². The summed E-state index contributed by atoms with van der Waals surface area (Å²) < 4.78 is 0. The molecule has 3 rings (SSSR count). The summed E-state index contributed by atoms with van der Waals surface area (Å²) in [5.41, 5.74) is 4.47. The quantitative estimate of drug-likeness (QED) is 0.563. The molecular formula is C23H25N3OS. The van der Waals surface area contributed by atoms with Crippen molar-refractivity contribution in [3.63, 3.8) is 0 Å². The smallest absolute Gasteiger partial charge is 0.238 e. The minimum absolute atomic E-state index is 0.00869. The standard InChI is InChI=1S/C23H25N3OS/c1-18-8-3-4-10-20(18)15-26(2)16-22(27)25-21-11-7-9-19(14-21)17-28-23-12-5-6-13-24-23/h3-14H,15-17H2,1-2H3,(H,25,27). The minimum atomic E-state index is -0.00869. The molecule has 1 heterocycles. The molecule has 0 saturated carbocycles. The highest BCUT2D eigenvalue weighted by molar-refractivity contribution is 7.98. The fraction of sp³-hybridized carbons (Fsp3) is 0.217. The molecule has 0 atom stereocenters. The van der Waals surface area contributed by atoms with E-state index >= 15 is 0 Å². The van der Waals surface area contributed by atoms with Crippen LogP contribution in [0.1, 0.15) is 16.7 Å². The average Bonchev–Trinajstić information content (AvgIpc) is 2.69. The van der Waals surface area contributed by atoms with E-state index in [-0.39, 0.29) is 5.91 Å². The summed E-state index contributed by atoms with van der Waals surface area (Å²) in [5, 5.41) is 4.00. The molecule has 1 amide bonds. The zero-order chi connectivity index (χ0) is 19.8. The Morgan fingerprint density at radius 3 is 2.68 bits per heavy atom. The van der Waals surface area contributed by atoms with Crippen LogP contribution in [-0.2, 0) is 17.1 Å². The van der Waals surface area contributed by atoms with Crippen molar-refractivity contribution in [3.05, 3.63) is 89.6 Å². The molecule has 0 spiro atoms. The molecular weight excluding hydrogens is 366 g/mol. The number of nitrogens with zero attached hydrogens (tertiary/aromatic N) is 2. The number of benzene rings is 2. The second-order valence-corrected chi connectivity index (χ2v) is 7.80. The fourth-order valence-corrected chi connectivity index (χ4v) is 3.71. The molecule has 0 saturated heterocycles. The Morgan fingerprint density at radius 2 is 1.89 bits per heavy atom. The van der Waals surface area contributed by atoms with Gasteiger partial charge < -0.3 is 5.32 Å². The van der Waals surface area contributed by atoms with Gasteiger partial charge in [-0.3, -0.25) is 9.69 Å². The van der Waals surface area contributed by atoms with E-state index in [0.29, 0.717) is 6.54 Å². The number of hydrogen-bond donors (Lipinski definition) is 1. The summed E-state index contributed by atoms with van der Waals surface area (Å²) in [6.45, 7) is 3.19. The number of carbonyl (C=O) groups excluding carboxylic acids is 1. The Morgan fingerprint density at radius 1 is 1.07 bits per heavy atom. The zero-order valence-electron chi connectivity index (χ0n) is 16.3. The number of thioether (sulfide) groups is 1. The van der Waals surface area contributed by atoms with E-state index in [4.69, 9.17) is 0 Å². The normalized spacial score (nSPS) is 10.8. The Bertz CT molecular complexity index is 914. The van der Waals surface area contributed by atoms with Gasteiger partial charge in [0.1, 0.15) is 0 Å².